The number of aromatic hydroxyl groups is 1. The molecule has 2 aromatic carbocycles. The van der Waals surface area contributed by atoms with Gasteiger partial charge in [0.25, 0.3) is 0 Å². The van der Waals surface area contributed by atoms with Gasteiger partial charge in [0.2, 0.25) is 0 Å². The second kappa shape index (κ2) is 10.6. The van der Waals surface area contributed by atoms with Crippen LogP contribution in [-0.4, -0.2) is 42.9 Å². The number of rotatable bonds is 8. The number of methoxy groups -OCH3 is 1. The van der Waals surface area contributed by atoms with Crippen molar-refractivity contribution in [2.45, 2.75) is 25.1 Å². The molecule has 0 unspecified atom stereocenters. The number of amides is 1. The SMILES string of the molecule is COC(=O)[C@H](Cc1cc(Cl)c(OCCc2cccc(O)c2)c(Cl)c1)NC(=O)C(F)(F)F. The molecule has 1 amide bonds. The van der Waals surface area contributed by atoms with E-state index in [0.717, 1.165) is 12.7 Å². The Labute approximate surface area is 185 Å². The van der Waals surface area contributed by atoms with E-state index in [1.54, 1.807) is 23.5 Å². The van der Waals surface area contributed by atoms with Gasteiger partial charge in [0.1, 0.15) is 11.8 Å². The van der Waals surface area contributed by atoms with Gasteiger partial charge in [-0.3, -0.25) is 4.79 Å². The van der Waals surface area contributed by atoms with E-state index in [2.05, 4.69) is 4.74 Å². The van der Waals surface area contributed by atoms with Crippen molar-refractivity contribution >= 4 is 35.1 Å². The standard InChI is InChI=1S/C20H18Cl2F3NO5/c1-30-18(28)16(26-19(29)20(23,24)25)10-12-8-14(21)17(15(22)9-12)31-6-5-11-3-2-4-13(27)7-11/h2-4,7-9,16,27H,5-6,10H2,1H3,(H,26,29)/t16-/m0/s1. The highest BCUT2D eigenvalue weighted by molar-refractivity contribution is 6.37. The predicted molar refractivity (Wildman–Crippen MR) is 107 cm³/mol. The van der Waals surface area contributed by atoms with Gasteiger partial charge in [0.05, 0.1) is 23.8 Å². The Morgan fingerprint density at radius 1 is 1.13 bits per heavy atom. The van der Waals surface area contributed by atoms with Gasteiger partial charge in [0, 0.05) is 12.8 Å². The van der Waals surface area contributed by atoms with Gasteiger partial charge in [-0.15, -0.1) is 0 Å². The normalized spacial score (nSPS) is 12.2. The number of alkyl halides is 3. The molecule has 11 heteroatoms. The summed E-state index contributed by atoms with van der Waals surface area (Å²) < 4.78 is 47.6. The van der Waals surface area contributed by atoms with Crippen LogP contribution in [0.2, 0.25) is 10.0 Å². The minimum atomic E-state index is -5.16. The van der Waals surface area contributed by atoms with Crippen LogP contribution >= 0.6 is 23.2 Å². The second-order valence-electron chi connectivity index (χ2n) is 6.41. The fraction of sp³-hybridized carbons (Fsp3) is 0.300. The first-order chi connectivity index (χ1) is 14.5. The van der Waals surface area contributed by atoms with Crippen molar-refractivity contribution in [3.8, 4) is 11.5 Å². The molecule has 0 aliphatic heterocycles. The molecular weight excluding hydrogens is 462 g/mol. The van der Waals surface area contributed by atoms with Crippen LogP contribution in [-0.2, 0) is 27.2 Å². The molecule has 0 bridgehead atoms. The van der Waals surface area contributed by atoms with Crippen LogP contribution in [0.4, 0.5) is 13.2 Å². The maximum Gasteiger partial charge on any atom is 0.471 e. The topological polar surface area (TPSA) is 84.9 Å². The van der Waals surface area contributed by atoms with Crippen molar-refractivity contribution in [1.29, 1.82) is 0 Å². The number of benzene rings is 2. The van der Waals surface area contributed by atoms with E-state index >= 15 is 0 Å². The van der Waals surface area contributed by atoms with Crippen LogP contribution in [0, 0.1) is 0 Å². The average Bonchev–Trinajstić information content (AvgIpc) is 2.68. The molecule has 2 rings (SSSR count). The molecule has 0 saturated heterocycles. The van der Waals surface area contributed by atoms with Crippen molar-refractivity contribution < 1.29 is 37.3 Å². The highest BCUT2D eigenvalue weighted by Crippen LogP contribution is 2.35. The van der Waals surface area contributed by atoms with E-state index in [1.807, 2.05) is 0 Å². The number of phenolic OH excluding ortho intramolecular Hbond substituents is 1. The smallest absolute Gasteiger partial charge is 0.471 e. The molecular formula is C20H18Cl2F3NO5. The molecule has 0 aliphatic carbocycles. The van der Waals surface area contributed by atoms with Gasteiger partial charge >= 0.3 is 18.1 Å². The molecule has 2 N–H and O–H groups in total. The molecule has 6 nitrogen and oxygen atoms in total. The number of hydrogen-bond donors (Lipinski definition) is 2. The second-order valence-corrected chi connectivity index (χ2v) is 7.22. The lowest BCUT2D eigenvalue weighted by Crippen LogP contribution is -2.48. The summed E-state index contributed by atoms with van der Waals surface area (Å²) in [5.74, 6) is -3.06. The maximum absolute atomic E-state index is 12.5. The summed E-state index contributed by atoms with van der Waals surface area (Å²) >= 11 is 12.4. The van der Waals surface area contributed by atoms with Crippen LogP contribution in [0.5, 0.6) is 11.5 Å². The molecule has 0 spiro atoms. The first-order valence-electron chi connectivity index (χ1n) is 8.85. The number of nitrogens with one attached hydrogen (secondary N) is 1. The van der Waals surface area contributed by atoms with Crippen molar-refractivity contribution in [3.05, 3.63) is 57.6 Å². The fourth-order valence-corrected chi connectivity index (χ4v) is 3.30. The van der Waals surface area contributed by atoms with Gasteiger partial charge in [-0.05, 0) is 35.4 Å². The Morgan fingerprint density at radius 3 is 2.32 bits per heavy atom. The Morgan fingerprint density at radius 2 is 1.77 bits per heavy atom. The maximum atomic E-state index is 12.5. The number of esters is 1. The zero-order valence-corrected chi connectivity index (χ0v) is 17.6. The summed E-state index contributed by atoms with van der Waals surface area (Å²) in [5, 5.41) is 11.2. The highest BCUT2D eigenvalue weighted by Gasteiger charge is 2.41. The fourth-order valence-electron chi connectivity index (χ4n) is 2.66. The van der Waals surface area contributed by atoms with Crippen LogP contribution in [0.25, 0.3) is 0 Å². The van der Waals surface area contributed by atoms with E-state index in [-0.39, 0.29) is 40.1 Å². The third-order valence-electron chi connectivity index (χ3n) is 4.09. The minimum Gasteiger partial charge on any atom is -0.508 e. The third-order valence-corrected chi connectivity index (χ3v) is 4.66. The summed E-state index contributed by atoms with van der Waals surface area (Å²) in [4.78, 5) is 23.0. The van der Waals surface area contributed by atoms with Crippen LogP contribution < -0.4 is 10.1 Å². The monoisotopic (exact) mass is 479 g/mol. The third kappa shape index (κ3) is 7.22. The Kier molecular flexibility index (Phi) is 8.41. The van der Waals surface area contributed by atoms with E-state index in [9.17, 15) is 27.9 Å². The number of carbonyl (C=O) groups excluding carboxylic acids is 2. The minimum absolute atomic E-state index is 0.0733. The lowest BCUT2D eigenvalue weighted by atomic mass is 10.1. The zero-order chi connectivity index (χ0) is 23.2. The molecule has 0 radical (unpaired) electrons. The predicted octanol–water partition coefficient (Wildman–Crippen LogP) is 4.08. The van der Waals surface area contributed by atoms with Crippen molar-refractivity contribution in [1.82, 2.24) is 5.32 Å². The Bertz CT molecular complexity index is 930. The van der Waals surface area contributed by atoms with Crippen LogP contribution in [0.3, 0.4) is 0 Å². The molecule has 31 heavy (non-hydrogen) atoms. The summed E-state index contributed by atoms with van der Waals surface area (Å²) in [6, 6.07) is 7.75. The van der Waals surface area contributed by atoms with Crippen LogP contribution in [0.1, 0.15) is 11.1 Å². The van der Waals surface area contributed by atoms with Crippen molar-refractivity contribution in [2.24, 2.45) is 0 Å². The van der Waals surface area contributed by atoms with Gasteiger partial charge in [-0.1, -0.05) is 35.3 Å². The quantitative estimate of drug-likeness (QED) is 0.557. The summed E-state index contributed by atoms with van der Waals surface area (Å²) in [6.07, 6.45) is -5.04. The van der Waals surface area contributed by atoms with E-state index in [4.69, 9.17) is 27.9 Å². The molecule has 2 aromatic rings. The zero-order valence-electron chi connectivity index (χ0n) is 16.1. The van der Waals surface area contributed by atoms with E-state index in [1.165, 1.54) is 18.2 Å². The summed E-state index contributed by atoms with van der Waals surface area (Å²) in [6.45, 7) is 0.189. The van der Waals surface area contributed by atoms with Gasteiger partial charge in [-0.2, -0.15) is 13.2 Å². The number of hydrogen-bond acceptors (Lipinski definition) is 5. The van der Waals surface area contributed by atoms with Crippen molar-refractivity contribution in [3.63, 3.8) is 0 Å². The number of carbonyl (C=O) groups is 2. The molecule has 168 valence electrons. The number of halogens is 5. The largest absolute Gasteiger partial charge is 0.508 e. The lowest BCUT2D eigenvalue weighted by Gasteiger charge is -2.18. The lowest BCUT2D eigenvalue weighted by molar-refractivity contribution is -0.175. The molecule has 0 aromatic heterocycles. The van der Waals surface area contributed by atoms with Crippen LogP contribution in [0.15, 0.2) is 36.4 Å². The molecule has 0 aliphatic rings. The summed E-state index contributed by atoms with van der Waals surface area (Å²) in [5.41, 5.74) is 1.11. The van der Waals surface area contributed by atoms with Gasteiger partial charge in [0.15, 0.2) is 5.75 Å². The Balaban J connectivity index is 2.09. The first kappa shape index (κ1) is 24.6. The molecule has 0 saturated carbocycles. The van der Waals surface area contributed by atoms with Gasteiger partial charge in [-0.25, -0.2) is 4.79 Å². The first-order valence-corrected chi connectivity index (χ1v) is 9.61. The molecule has 1 atom stereocenters. The summed E-state index contributed by atoms with van der Waals surface area (Å²) in [7, 11) is 0.985. The Hall–Kier alpha value is -2.65. The van der Waals surface area contributed by atoms with Crippen molar-refractivity contribution in [2.75, 3.05) is 13.7 Å². The van der Waals surface area contributed by atoms with E-state index in [0.29, 0.717) is 6.42 Å². The average molecular weight is 480 g/mol. The number of phenols is 1. The van der Waals surface area contributed by atoms with E-state index < -0.39 is 24.1 Å². The number of ether oxygens (including phenoxy) is 2. The van der Waals surface area contributed by atoms with Gasteiger partial charge < -0.3 is 19.9 Å². The molecule has 0 heterocycles. The molecule has 0 fully saturated rings. The highest BCUT2D eigenvalue weighted by atomic mass is 35.5.